The van der Waals surface area contributed by atoms with Gasteiger partial charge in [0.2, 0.25) is 0 Å². The summed E-state index contributed by atoms with van der Waals surface area (Å²) in [4.78, 5) is 0. The van der Waals surface area contributed by atoms with E-state index in [0.717, 1.165) is 12.8 Å². The molecular weight excluding hydrogens is 480 g/mol. The summed E-state index contributed by atoms with van der Waals surface area (Å²) in [6.07, 6.45) is 7.14. The summed E-state index contributed by atoms with van der Waals surface area (Å²) in [5, 5.41) is 35.3. The molecule has 3 N–H and O–H groups in total. The van der Waals surface area contributed by atoms with Crippen LogP contribution in [0.1, 0.15) is 128 Å². The van der Waals surface area contributed by atoms with Crippen molar-refractivity contribution in [2.24, 2.45) is 80.8 Å². The molecule has 0 aromatic carbocycles. The summed E-state index contributed by atoms with van der Waals surface area (Å²) in [7, 11) is 0. The predicted octanol–water partition coefficient (Wildman–Crippen LogP) is 8.20. The molecule has 4 rings (SSSR count). The minimum Gasteiger partial charge on any atom is -0.393 e. The highest BCUT2D eigenvalue weighted by atomic mass is 16.3. The number of hydrogen-bond donors (Lipinski definition) is 3. The monoisotopic (exact) mass is 547 g/mol. The third-order valence-electron chi connectivity index (χ3n) is 14.1. The molecule has 15 unspecified atom stereocenters. The lowest BCUT2D eigenvalue weighted by Gasteiger charge is -2.72. The summed E-state index contributed by atoms with van der Waals surface area (Å²) < 4.78 is 0. The molecule has 0 bridgehead atoms. The molecule has 0 aromatic rings. The second kappa shape index (κ2) is 10.6. The zero-order valence-corrected chi connectivity index (χ0v) is 27.8. The van der Waals surface area contributed by atoms with Gasteiger partial charge in [-0.05, 0) is 109 Å². The highest BCUT2D eigenvalue weighted by molar-refractivity contribution is 5.19. The maximum absolute atomic E-state index is 12.5. The molecule has 0 saturated heterocycles. The SMILES string of the molecule is CC(C)C1CC(CCCC(C)(C)C)C(C)C2C(O)C3C(C)C4(C)C(O)C(C(C)O)C(C)CC4(C)CC3(C)CC12. The van der Waals surface area contributed by atoms with Crippen LogP contribution in [0.2, 0.25) is 0 Å². The van der Waals surface area contributed by atoms with Gasteiger partial charge in [0.25, 0.3) is 0 Å². The van der Waals surface area contributed by atoms with Crippen LogP contribution in [-0.4, -0.2) is 33.6 Å². The molecule has 15 atom stereocenters. The fourth-order valence-electron chi connectivity index (χ4n) is 12.3. The lowest BCUT2D eigenvalue weighted by Crippen LogP contribution is -2.70. The Labute approximate surface area is 242 Å². The van der Waals surface area contributed by atoms with Gasteiger partial charge < -0.3 is 15.3 Å². The lowest BCUT2D eigenvalue weighted by atomic mass is 9.33. The summed E-state index contributed by atoms with van der Waals surface area (Å²) in [6.45, 7) is 28.1. The van der Waals surface area contributed by atoms with Crippen molar-refractivity contribution in [3.8, 4) is 0 Å². The molecule has 228 valence electrons. The minimum absolute atomic E-state index is 0.00243. The zero-order valence-electron chi connectivity index (χ0n) is 27.8. The van der Waals surface area contributed by atoms with Crippen molar-refractivity contribution in [2.75, 3.05) is 0 Å². The Morgan fingerprint density at radius 3 is 2.10 bits per heavy atom. The van der Waals surface area contributed by atoms with Crippen LogP contribution in [-0.2, 0) is 0 Å². The minimum atomic E-state index is -0.548. The van der Waals surface area contributed by atoms with Crippen LogP contribution in [0.5, 0.6) is 0 Å². The second-order valence-corrected chi connectivity index (χ2v) is 18.1. The van der Waals surface area contributed by atoms with Crippen LogP contribution in [0.15, 0.2) is 0 Å². The Morgan fingerprint density at radius 2 is 1.56 bits per heavy atom. The van der Waals surface area contributed by atoms with Gasteiger partial charge in [-0.25, -0.2) is 0 Å². The highest BCUT2D eigenvalue weighted by Gasteiger charge is 2.70. The molecule has 0 radical (unpaired) electrons. The van der Waals surface area contributed by atoms with Gasteiger partial charge in [-0.15, -0.1) is 0 Å². The average molecular weight is 547 g/mol. The van der Waals surface area contributed by atoms with Gasteiger partial charge >= 0.3 is 0 Å². The molecule has 3 nitrogen and oxygen atoms in total. The number of aliphatic hydroxyl groups excluding tert-OH is 3. The van der Waals surface area contributed by atoms with Crippen LogP contribution >= 0.6 is 0 Å². The van der Waals surface area contributed by atoms with Gasteiger partial charge in [0.1, 0.15) is 0 Å². The fourth-order valence-corrected chi connectivity index (χ4v) is 12.3. The van der Waals surface area contributed by atoms with E-state index in [1.165, 1.54) is 32.1 Å². The number of hydrogen-bond acceptors (Lipinski definition) is 3. The first-order chi connectivity index (χ1) is 17.8. The van der Waals surface area contributed by atoms with E-state index in [1.54, 1.807) is 0 Å². The van der Waals surface area contributed by atoms with Crippen LogP contribution < -0.4 is 0 Å². The molecule has 0 aromatic heterocycles. The van der Waals surface area contributed by atoms with Crippen LogP contribution in [0.25, 0.3) is 0 Å². The molecule has 4 saturated carbocycles. The number of aliphatic hydroxyl groups is 3. The maximum atomic E-state index is 12.5. The average Bonchev–Trinajstić information content (AvgIpc) is 2.76. The first-order valence-electron chi connectivity index (χ1n) is 16.8. The first kappa shape index (κ1) is 31.8. The van der Waals surface area contributed by atoms with E-state index in [0.29, 0.717) is 46.8 Å². The van der Waals surface area contributed by atoms with E-state index in [-0.39, 0.29) is 40.1 Å². The summed E-state index contributed by atoms with van der Waals surface area (Å²) in [5.74, 6) is 4.09. The standard InChI is InChI=1S/C36H66O3/c1-20(2)26-16-25(14-13-15-33(7,8)9)22(4)29-27(26)18-34(10)19-35(11)17-21(3)28(24(6)37)32(39)36(35,12)23(5)30(34)31(29)38/h20-32,37-39H,13-19H2,1-12H3. The van der Waals surface area contributed by atoms with E-state index < -0.39 is 12.2 Å². The van der Waals surface area contributed by atoms with Crippen molar-refractivity contribution in [3.05, 3.63) is 0 Å². The predicted molar refractivity (Wildman–Crippen MR) is 163 cm³/mol. The second-order valence-electron chi connectivity index (χ2n) is 18.1. The van der Waals surface area contributed by atoms with Crippen molar-refractivity contribution < 1.29 is 15.3 Å². The van der Waals surface area contributed by atoms with Gasteiger partial charge in [-0.2, -0.15) is 0 Å². The molecule has 4 fully saturated rings. The van der Waals surface area contributed by atoms with E-state index in [1.807, 2.05) is 6.92 Å². The zero-order chi connectivity index (χ0) is 29.5. The quantitative estimate of drug-likeness (QED) is 0.326. The molecule has 0 heterocycles. The van der Waals surface area contributed by atoms with Gasteiger partial charge in [0, 0.05) is 11.3 Å². The molecule has 4 aliphatic rings. The lowest BCUT2D eigenvalue weighted by molar-refractivity contribution is -0.281. The third kappa shape index (κ3) is 5.09. The largest absolute Gasteiger partial charge is 0.393 e. The van der Waals surface area contributed by atoms with Crippen LogP contribution in [0.4, 0.5) is 0 Å². The molecule has 3 heteroatoms. The Bertz CT molecular complexity index is 860. The van der Waals surface area contributed by atoms with Gasteiger partial charge in [0.05, 0.1) is 18.3 Å². The number of fused-ring (bicyclic) bond motifs is 3. The highest BCUT2D eigenvalue weighted by Crippen LogP contribution is 2.73. The number of rotatable bonds is 5. The van der Waals surface area contributed by atoms with Crippen LogP contribution in [0, 0.1) is 80.8 Å². The molecule has 4 aliphatic carbocycles. The normalized spacial score (nSPS) is 53.1. The van der Waals surface area contributed by atoms with Gasteiger partial charge in [0.15, 0.2) is 0 Å². The van der Waals surface area contributed by atoms with Gasteiger partial charge in [-0.1, -0.05) is 89.0 Å². The summed E-state index contributed by atoms with van der Waals surface area (Å²) in [6, 6.07) is 0. The molecule has 0 aliphatic heterocycles. The van der Waals surface area contributed by atoms with Gasteiger partial charge in [-0.3, -0.25) is 0 Å². The Hall–Kier alpha value is -0.120. The fraction of sp³-hybridized carbons (Fsp3) is 1.00. The van der Waals surface area contributed by atoms with Crippen molar-refractivity contribution in [1.82, 2.24) is 0 Å². The summed E-state index contributed by atoms with van der Waals surface area (Å²) >= 11 is 0. The Balaban J connectivity index is 1.70. The summed E-state index contributed by atoms with van der Waals surface area (Å²) in [5.41, 5.74) is 0.140. The maximum Gasteiger partial charge on any atom is 0.0656 e. The Morgan fingerprint density at radius 1 is 0.949 bits per heavy atom. The molecular formula is C36H66O3. The molecule has 39 heavy (non-hydrogen) atoms. The third-order valence-corrected chi connectivity index (χ3v) is 14.1. The van der Waals surface area contributed by atoms with E-state index in [2.05, 4.69) is 76.2 Å². The smallest absolute Gasteiger partial charge is 0.0656 e. The molecule has 0 amide bonds. The van der Waals surface area contributed by atoms with Crippen LogP contribution in [0.3, 0.4) is 0 Å². The van der Waals surface area contributed by atoms with Crippen molar-refractivity contribution in [2.45, 2.75) is 146 Å². The van der Waals surface area contributed by atoms with Crippen molar-refractivity contribution in [1.29, 1.82) is 0 Å². The van der Waals surface area contributed by atoms with E-state index in [9.17, 15) is 15.3 Å². The topological polar surface area (TPSA) is 60.7 Å². The van der Waals surface area contributed by atoms with Crippen molar-refractivity contribution >= 4 is 0 Å². The molecule has 0 spiro atoms. The Kier molecular flexibility index (Phi) is 8.61. The van der Waals surface area contributed by atoms with Crippen molar-refractivity contribution in [3.63, 3.8) is 0 Å². The van der Waals surface area contributed by atoms with E-state index >= 15 is 0 Å². The van der Waals surface area contributed by atoms with E-state index in [4.69, 9.17) is 0 Å². The first-order valence-corrected chi connectivity index (χ1v) is 16.8.